The Balaban J connectivity index is 1.80. The Kier molecular flexibility index (Phi) is 5.19. The van der Waals surface area contributed by atoms with Gasteiger partial charge >= 0.3 is 5.97 Å². The van der Waals surface area contributed by atoms with Crippen molar-refractivity contribution in [1.29, 1.82) is 0 Å². The van der Waals surface area contributed by atoms with Gasteiger partial charge in [-0.15, -0.1) is 0 Å². The third kappa shape index (κ3) is 3.99. The number of piperazine rings is 1. The average Bonchev–Trinajstić information content (AvgIpc) is 2.89. The molecule has 2 fully saturated rings. The van der Waals surface area contributed by atoms with Crippen molar-refractivity contribution >= 4 is 21.7 Å². The molecule has 0 saturated carbocycles. The molecule has 1 amide bonds. The fraction of sp³-hybridized carbons (Fsp3) is 0.529. The summed E-state index contributed by atoms with van der Waals surface area (Å²) < 4.78 is 29.6. The first-order chi connectivity index (χ1) is 12.3. The summed E-state index contributed by atoms with van der Waals surface area (Å²) in [6.45, 7) is 2.51. The Hall–Kier alpha value is -2.13. The molecular weight excluding hydrogens is 360 g/mol. The Morgan fingerprint density at radius 1 is 1.19 bits per heavy atom. The number of amides is 1. The van der Waals surface area contributed by atoms with Gasteiger partial charge in [0.05, 0.1) is 17.5 Å². The third-order valence-electron chi connectivity index (χ3n) is 4.89. The number of carbonyl (C=O) groups excluding carboxylic acids is 1. The normalized spacial score (nSPS) is 24.9. The van der Waals surface area contributed by atoms with Crippen molar-refractivity contribution in [2.45, 2.75) is 25.6 Å². The summed E-state index contributed by atoms with van der Waals surface area (Å²) in [5.41, 5.74) is 0.799. The smallest absolute Gasteiger partial charge is 0.341 e. The van der Waals surface area contributed by atoms with Crippen molar-refractivity contribution in [3.8, 4) is 5.75 Å². The van der Waals surface area contributed by atoms with E-state index >= 15 is 0 Å². The number of para-hydroxylation sites is 1. The van der Waals surface area contributed by atoms with Gasteiger partial charge in [-0.2, -0.15) is 0 Å². The van der Waals surface area contributed by atoms with E-state index in [0.717, 1.165) is 5.56 Å². The van der Waals surface area contributed by atoms with Gasteiger partial charge in [0.25, 0.3) is 0 Å². The van der Waals surface area contributed by atoms with Crippen LogP contribution < -0.4 is 4.74 Å². The maximum atomic E-state index is 12.2. The molecule has 0 bridgehead atoms. The first-order valence-corrected chi connectivity index (χ1v) is 10.2. The van der Waals surface area contributed by atoms with Crippen LogP contribution in [0, 0.1) is 0 Å². The number of carboxylic acids is 1. The van der Waals surface area contributed by atoms with Crippen molar-refractivity contribution in [3.05, 3.63) is 29.8 Å². The van der Waals surface area contributed by atoms with Crippen molar-refractivity contribution < 1.29 is 27.9 Å². The molecule has 0 aliphatic carbocycles. The van der Waals surface area contributed by atoms with Gasteiger partial charge in [-0.1, -0.05) is 18.2 Å². The van der Waals surface area contributed by atoms with Crippen LogP contribution in [-0.2, 0) is 26.0 Å². The summed E-state index contributed by atoms with van der Waals surface area (Å²) in [5, 5.41) is 8.81. The van der Waals surface area contributed by atoms with Gasteiger partial charge < -0.3 is 14.7 Å². The minimum absolute atomic E-state index is 0.00902. The molecule has 2 atom stereocenters. The van der Waals surface area contributed by atoms with Gasteiger partial charge in [-0.3, -0.25) is 9.69 Å². The number of aliphatic carboxylic acids is 1. The fourth-order valence-corrected chi connectivity index (χ4v) is 5.76. The average molecular weight is 382 g/mol. The van der Waals surface area contributed by atoms with Crippen LogP contribution in [0.15, 0.2) is 24.3 Å². The molecule has 1 aromatic carbocycles. The van der Waals surface area contributed by atoms with E-state index < -0.39 is 22.4 Å². The highest BCUT2D eigenvalue weighted by Crippen LogP contribution is 2.30. The van der Waals surface area contributed by atoms with Crippen LogP contribution in [-0.4, -0.2) is 78.5 Å². The Morgan fingerprint density at radius 3 is 2.58 bits per heavy atom. The molecule has 2 aliphatic rings. The zero-order valence-electron chi connectivity index (χ0n) is 14.5. The molecule has 142 valence electrons. The second-order valence-electron chi connectivity index (χ2n) is 6.68. The highest BCUT2D eigenvalue weighted by Gasteiger charge is 2.47. The summed E-state index contributed by atoms with van der Waals surface area (Å²) >= 11 is 0. The Bertz CT molecular complexity index is 809. The van der Waals surface area contributed by atoms with Gasteiger partial charge in [0, 0.05) is 38.2 Å². The van der Waals surface area contributed by atoms with E-state index in [1.54, 1.807) is 17.0 Å². The van der Waals surface area contributed by atoms with Crippen LogP contribution in [0.3, 0.4) is 0 Å². The molecule has 0 unspecified atom stereocenters. The first kappa shape index (κ1) is 18.7. The summed E-state index contributed by atoms with van der Waals surface area (Å²) in [7, 11) is -3.20. The van der Waals surface area contributed by atoms with E-state index in [4.69, 9.17) is 9.84 Å². The second-order valence-corrected chi connectivity index (χ2v) is 8.84. The number of hydrogen-bond acceptors (Lipinski definition) is 6. The van der Waals surface area contributed by atoms with Crippen LogP contribution in [0.1, 0.15) is 12.5 Å². The van der Waals surface area contributed by atoms with Crippen molar-refractivity contribution in [2.24, 2.45) is 0 Å². The van der Waals surface area contributed by atoms with Crippen molar-refractivity contribution in [1.82, 2.24) is 9.80 Å². The largest absolute Gasteiger partial charge is 0.482 e. The van der Waals surface area contributed by atoms with Gasteiger partial charge in [-0.05, 0) is 6.07 Å². The molecule has 26 heavy (non-hydrogen) atoms. The lowest BCUT2D eigenvalue weighted by Gasteiger charge is -2.43. The summed E-state index contributed by atoms with van der Waals surface area (Å²) in [6, 6.07) is 6.54. The maximum Gasteiger partial charge on any atom is 0.341 e. The van der Waals surface area contributed by atoms with Crippen LogP contribution in [0.5, 0.6) is 5.75 Å². The minimum Gasteiger partial charge on any atom is -0.482 e. The first-order valence-electron chi connectivity index (χ1n) is 8.41. The second kappa shape index (κ2) is 7.24. The molecule has 0 aromatic heterocycles. The van der Waals surface area contributed by atoms with Crippen LogP contribution in [0.4, 0.5) is 0 Å². The molecule has 2 saturated heterocycles. The van der Waals surface area contributed by atoms with Crippen LogP contribution >= 0.6 is 0 Å². The quantitative estimate of drug-likeness (QED) is 0.763. The number of carbonyl (C=O) groups is 2. The van der Waals surface area contributed by atoms with E-state index in [9.17, 15) is 18.0 Å². The topological polar surface area (TPSA) is 104 Å². The van der Waals surface area contributed by atoms with Crippen LogP contribution in [0.25, 0.3) is 0 Å². The molecule has 1 N–H and O–H groups in total. The van der Waals surface area contributed by atoms with Gasteiger partial charge in [-0.25, -0.2) is 13.2 Å². The summed E-state index contributed by atoms with van der Waals surface area (Å²) in [4.78, 5) is 26.3. The molecule has 2 heterocycles. The number of fused-ring (bicyclic) bond motifs is 1. The van der Waals surface area contributed by atoms with Crippen molar-refractivity contribution in [2.75, 3.05) is 31.2 Å². The molecule has 0 radical (unpaired) electrons. The predicted molar refractivity (Wildman–Crippen MR) is 93.6 cm³/mol. The van der Waals surface area contributed by atoms with E-state index in [1.165, 1.54) is 6.92 Å². The van der Waals surface area contributed by atoms with E-state index in [2.05, 4.69) is 4.90 Å². The van der Waals surface area contributed by atoms with E-state index in [-0.39, 0.29) is 29.5 Å². The van der Waals surface area contributed by atoms with E-state index in [1.807, 2.05) is 12.1 Å². The molecule has 2 aliphatic heterocycles. The molecule has 8 nitrogen and oxygen atoms in total. The third-order valence-corrected chi connectivity index (χ3v) is 6.59. The monoisotopic (exact) mass is 382 g/mol. The van der Waals surface area contributed by atoms with Crippen LogP contribution in [0.2, 0.25) is 0 Å². The molecule has 0 spiro atoms. The lowest BCUT2D eigenvalue weighted by atomic mass is 10.0. The number of carboxylic acid groups (broad SMARTS) is 1. The standard InChI is InChI=1S/C17H22N2O6S/c1-12(20)19-7-6-18(14-10-26(23,24)11-15(14)19)8-13-4-2-3-5-16(13)25-9-17(21)22/h2-5,14-15H,6-11H2,1H3,(H,21,22)/t14-,15+/m0/s1. The highest BCUT2D eigenvalue weighted by atomic mass is 32.2. The summed E-state index contributed by atoms with van der Waals surface area (Å²) in [5.74, 6) is -0.676. The molecule has 1 aromatic rings. The van der Waals surface area contributed by atoms with Gasteiger partial charge in [0.2, 0.25) is 5.91 Å². The number of ether oxygens (including phenoxy) is 1. The fourth-order valence-electron chi connectivity index (χ4n) is 3.75. The van der Waals surface area contributed by atoms with E-state index in [0.29, 0.717) is 25.4 Å². The SMILES string of the molecule is CC(=O)N1CCN(Cc2ccccc2OCC(=O)O)[C@H]2CS(=O)(=O)C[C@H]21. The maximum absolute atomic E-state index is 12.2. The Morgan fingerprint density at radius 2 is 1.88 bits per heavy atom. The number of sulfone groups is 1. The zero-order valence-corrected chi connectivity index (χ0v) is 15.3. The molecule has 9 heteroatoms. The highest BCUT2D eigenvalue weighted by molar-refractivity contribution is 7.91. The predicted octanol–water partition coefficient (Wildman–Crippen LogP) is -0.0203. The van der Waals surface area contributed by atoms with Crippen molar-refractivity contribution in [3.63, 3.8) is 0 Å². The number of hydrogen-bond donors (Lipinski definition) is 1. The minimum atomic E-state index is -3.20. The number of rotatable bonds is 5. The van der Waals surface area contributed by atoms with Gasteiger partial charge in [0.1, 0.15) is 5.75 Å². The molecule has 3 rings (SSSR count). The molecular formula is C17H22N2O6S. The lowest BCUT2D eigenvalue weighted by molar-refractivity contribution is -0.139. The zero-order chi connectivity index (χ0) is 18.9. The number of benzene rings is 1. The van der Waals surface area contributed by atoms with Gasteiger partial charge in [0.15, 0.2) is 16.4 Å². The summed E-state index contributed by atoms with van der Waals surface area (Å²) in [6.07, 6.45) is 0. The number of nitrogens with zero attached hydrogens (tertiary/aromatic N) is 2. The Labute approximate surface area is 152 Å². The lowest BCUT2D eigenvalue weighted by Crippen LogP contribution is -2.59.